The molecule has 0 bridgehead atoms. The van der Waals surface area contributed by atoms with Crippen LogP contribution in [0.4, 0.5) is 5.82 Å². The first kappa shape index (κ1) is 15.8. The van der Waals surface area contributed by atoms with Crippen molar-refractivity contribution in [3.05, 3.63) is 72.6 Å². The number of aromatic nitrogens is 3. The van der Waals surface area contributed by atoms with Gasteiger partial charge in [-0.1, -0.05) is 36.4 Å². The number of carbonyl (C=O) groups is 1. The number of anilines is 1. The first-order valence-corrected chi connectivity index (χ1v) is 7.90. The molecule has 5 heteroatoms. The zero-order chi connectivity index (χ0) is 16.6. The van der Waals surface area contributed by atoms with E-state index in [2.05, 4.69) is 20.5 Å². The van der Waals surface area contributed by atoms with Crippen LogP contribution in [-0.2, 0) is 11.2 Å². The zero-order valence-corrected chi connectivity index (χ0v) is 13.2. The van der Waals surface area contributed by atoms with Gasteiger partial charge in [0.15, 0.2) is 5.82 Å². The largest absolute Gasteiger partial charge is 0.309 e. The van der Waals surface area contributed by atoms with E-state index in [1.807, 2.05) is 54.6 Å². The van der Waals surface area contributed by atoms with Crippen LogP contribution in [0.3, 0.4) is 0 Å². The molecule has 2 aromatic heterocycles. The molecule has 3 rings (SSSR count). The molecule has 0 radical (unpaired) electrons. The number of pyridine rings is 1. The van der Waals surface area contributed by atoms with Crippen molar-refractivity contribution in [1.82, 2.24) is 15.2 Å². The van der Waals surface area contributed by atoms with Crippen molar-refractivity contribution in [3.8, 4) is 11.3 Å². The number of rotatable bonds is 6. The van der Waals surface area contributed by atoms with Crippen LogP contribution in [0.25, 0.3) is 11.3 Å². The van der Waals surface area contributed by atoms with E-state index in [0.29, 0.717) is 12.2 Å². The Kier molecular flexibility index (Phi) is 5.24. The van der Waals surface area contributed by atoms with Crippen LogP contribution in [0.15, 0.2) is 66.9 Å². The predicted octanol–water partition coefficient (Wildman–Crippen LogP) is 3.50. The summed E-state index contributed by atoms with van der Waals surface area (Å²) in [5.41, 5.74) is 2.78. The first-order valence-electron chi connectivity index (χ1n) is 7.90. The monoisotopic (exact) mass is 318 g/mol. The summed E-state index contributed by atoms with van der Waals surface area (Å²) < 4.78 is 0. The fourth-order valence-electron chi connectivity index (χ4n) is 2.34. The van der Waals surface area contributed by atoms with Crippen LogP contribution in [-0.4, -0.2) is 21.1 Å². The van der Waals surface area contributed by atoms with Crippen LogP contribution in [0.2, 0.25) is 0 Å². The van der Waals surface area contributed by atoms with E-state index < -0.39 is 0 Å². The maximum atomic E-state index is 12.0. The molecule has 0 aliphatic heterocycles. The summed E-state index contributed by atoms with van der Waals surface area (Å²) in [6.45, 7) is 0. The van der Waals surface area contributed by atoms with Crippen LogP contribution < -0.4 is 5.32 Å². The Balaban J connectivity index is 1.49. The highest BCUT2D eigenvalue weighted by molar-refractivity contribution is 5.89. The molecule has 2 heterocycles. The molecule has 24 heavy (non-hydrogen) atoms. The van der Waals surface area contributed by atoms with Crippen LogP contribution in [0.5, 0.6) is 0 Å². The summed E-state index contributed by atoms with van der Waals surface area (Å²) in [5, 5.41) is 11.0. The van der Waals surface area contributed by atoms with Gasteiger partial charge in [0.2, 0.25) is 5.91 Å². The quantitative estimate of drug-likeness (QED) is 0.755. The van der Waals surface area contributed by atoms with Crippen molar-refractivity contribution in [2.45, 2.75) is 19.3 Å². The van der Waals surface area contributed by atoms with Gasteiger partial charge in [0.05, 0.1) is 5.69 Å². The molecule has 0 fully saturated rings. The third kappa shape index (κ3) is 4.46. The van der Waals surface area contributed by atoms with Crippen LogP contribution in [0, 0.1) is 0 Å². The molecule has 0 saturated carbocycles. The van der Waals surface area contributed by atoms with Crippen molar-refractivity contribution >= 4 is 11.7 Å². The van der Waals surface area contributed by atoms with Crippen molar-refractivity contribution in [2.24, 2.45) is 0 Å². The third-order valence-corrected chi connectivity index (χ3v) is 3.56. The van der Waals surface area contributed by atoms with Gasteiger partial charge >= 0.3 is 0 Å². The molecule has 3 aromatic rings. The lowest BCUT2D eigenvalue weighted by atomic mass is 10.1. The van der Waals surface area contributed by atoms with Gasteiger partial charge in [-0.05, 0) is 37.1 Å². The third-order valence-electron chi connectivity index (χ3n) is 3.56. The van der Waals surface area contributed by atoms with Gasteiger partial charge in [0.25, 0.3) is 0 Å². The highest BCUT2D eigenvalue weighted by atomic mass is 16.1. The second kappa shape index (κ2) is 7.97. The Bertz CT molecular complexity index is 773. The summed E-state index contributed by atoms with van der Waals surface area (Å²) in [4.78, 5) is 16.2. The van der Waals surface area contributed by atoms with E-state index in [1.54, 1.807) is 12.3 Å². The molecule has 0 unspecified atom stereocenters. The molecular formula is C19H18N4O. The highest BCUT2D eigenvalue weighted by Crippen LogP contribution is 2.16. The lowest BCUT2D eigenvalue weighted by Crippen LogP contribution is -2.13. The number of amides is 1. The zero-order valence-electron chi connectivity index (χ0n) is 13.2. The van der Waals surface area contributed by atoms with Gasteiger partial charge in [-0.15, -0.1) is 10.2 Å². The molecule has 0 spiro atoms. The van der Waals surface area contributed by atoms with Crippen molar-refractivity contribution in [3.63, 3.8) is 0 Å². The Hall–Kier alpha value is -3.08. The molecule has 0 atom stereocenters. The van der Waals surface area contributed by atoms with Crippen molar-refractivity contribution < 1.29 is 4.79 Å². The fourth-order valence-corrected chi connectivity index (χ4v) is 2.34. The van der Waals surface area contributed by atoms with Gasteiger partial charge < -0.3 is 5.32 Å². The van der Waals surface area contributed by atoms with Gasteiger partial charge in [-0.25, -0.2) is 0 Å². The summed E-state index contributed by atoms with van der Waals surface area (Å²) in [7, 11) is 0. The summed E-state index contributed by atoms with van der Waals surface area (Å²) in [6.07, 6.45) is 3.73. The van der Waals surface area contributed by atoms with E-state index in [9.17, 15) is 4.79 Å². The maximum Gasteiger partial charge on any atom is 0.225 e. The molecule has 1 amide bonds. The smallest absolute Gasteiger partial charge is 0.225 e. The lowest BCUT2D eigenvalue weighted by molar-refractivity contribution is -0.116. The van der Waals surface area contributed by atoms with Gasteiger partial charge in [-0.3, -0.25) is 9.78 Å². The molecule has 0 aliphatic rings. The summed E-state index contributed by atoms with van der Waals surface area (Å²) in [6, 6.07) is 19.2. The molecule has 0 aliphatic carbocycles. The summed E-state index contributed by atoms with van der Waals surface area (Å²) in [5.74, 6) is 0.408. The fraction of sp³-hybridized carbons (Fsp3) is 0.158. The normalized spacial score (nSPS) is 10.3. The number of aryl methyl sites for hydroxylation is 1. The molecule has 120 valence electrons. The van der Waals surface area contributed by atoms with Crippen LogP contribution in [0.1, 0.15) is 18.5 Å². The standard InChI is InChI=1S/C19H18N4O/c24-19(11-6-10-16-9-4-5-14-20-16)21-18-13-12-17(22-23-18)15-7-2-1-3-8-15/h1-5,7-9,12-14H,6,10-11H2,(H,21,23,24). The lowest BCUT2D eigenvalue weighted by Gasteiger charge is -2.05. The average Bonchev–Trinajstić information content (AvgIpc) is 2.64. The van der Waals surface area contributed by atoms with E-state index in [4.69, 9.17) is 0 Å². The minimum atomic E-state index is -0.0623. The molecular weight excluding hydrogens is 300 g/mol. The van der Waals surface area contributed by atoms with Gasteiger partial charge in [0.1, 0.15) is 0 Å². The van der Waals surface area contributed by atoms with E-state index in [0.717, 1.165) is 29.8 Å². The number of hydrogen-bond donors (Lipinski definition) is 1. The molecule has 1 N–H and O–H groups in total. The number of hydrogen-bond acceptors (Lipinski definition) is 4. The Morgan fingerprint density at radius 2 is 1.75 bits per heavy atom. The molecule has 0 saturated heterocycles. The highest BCUT2D eigenvalue weighted by Gasteiger charge is 2.05. The Morgan fingerprint density at radius 1 is 0.917 bits per heavy atom. The second-order valence-corrected chi connectivity index (χ2v) is 5.39. The number of benzene rings is 1. The Labute approximate surface area is 140 Å². The van der Waals surface area contributed by atoms with E-state index >= 15 is 0 Å². The minimum absolute atomic E-state index is 0.0623. The second-order valence-electron chi connectivity index (χ2n) is 5.39. The van der Waals surface area contributed by atoms with Gasteiger partial charge in [0, 0.05) is 23.9 Å². The average molecular weight is 318 g/mol. The SMILES string of the molecule is O=C(CCCc1ccccn1)Nc1ccc(-c2ccccc2)nn1. The minimum Gasteiger partial charge on any atom is -0.309 e. The number of carbonyl (C=O) groups excluding carboxylic acids is 1. The maximum absolute atomic E-state index is 12.0. The van der Waals surface area contributed by atoms with Gasteiger partial charge in [-0.2, -0.15) is 0 Å². The van der Waals surface area contributed by atoms with E-state index in [1.165, 1.54) is 0 Å². The van der Waals surface area contributed by atoms with E-state index in [-0.39, 0.29) is 5.91 Å². The predicted molar refractivity (Wildman–Crippen MR) is 93.3 cm³/mol. The first-order chi connectivity index (χ1) is 11.8. The number of nitrogens with zero attached hydrogens (tertiary/aromatic N) is 3. The van der Waals surface area contributed by atoms with Crippen molar-refractivity contribution in [2.75, 3.05) is 5.32 Å². The Morgan fingerprint density at radius 3 is 2.46 bits per heavy atom. The van der Waals surface area contributed by atoms with Crippen molar-refractivity contribution in [1.29, 1.82) is 0 Å². The summed E-state index contributed by atoms with van der Waals surface area (Å²) >= 11 is 0. The molecule has 5 nitrogen and oxygen atoms in total. The molecule has 1 aromatic carbocycles. The topological polar surface area (TPSA) is 67.8 Å². The number of nitrogens with one attached hydrogen (secondary N) is 1. The van der Waals surface area contributed by atoms with Crippen LogP contribution >= 0.6 is 0 Å².